The highest BCUT2D eigenvalue weighted by Gasteiger charge is 2.09. The molecule has 0 N–H and O–H groups in total. The van der Waals surface area contributed by atoms with Crippen LogP contribution in [0, 0.1) is 25.2 Å². The quantitative estimate of drug-likeness (QED) is 0.826. The Kier molecular flexibility index (Phi) is 4.84. The maximum Gasteiger partial charge on any atom is 0.162 e. The van der Waals surface area contributed by atoms with Crippen LogP contribution in [0.3, 0.4) is 0 Å². The third-order valence-corrected chi connectivity index (χ3v) is 3.39. The number of nitriles is 1. The molecule has 0 saturated carbocycles. The molecular formula is C18H19NO2. The fourth-order valence-electron chi connectivity index (χ4n) is 2.19. The third-order valence-electron chi connectivity index (χ3n) is 3.39. The van der Waals surface area contributed by atoms with E-state index in [-0.39, 0.29) is 0 Å². The minimum atomic E-state index is 0.491. The number of benzene rings is 2. The summed E-state index contributed by atoms with van der Waals surface area (Å²) in [4.78, 5) is 0. The molecule has 0 saturated heterocycles. The van der Waals surface area contributed by atoms with Crippen LogP contribution in [0.1, 0.15) is 29.2 Å². The van der Waals surface area contributed by atoms with Crippen LogP contribution >= 0.6 is 0 Å². The molecule has 0 atom stereocenters. The summed E-state index contributed by atoms with van der Waals surface area (Å²) in [5, 5.41) is 8.96. The van der Waals surface area contributed by atoms with Crippen LogP contribution in [0.25, 0.3) is 0 Å². The molecule has 2 rings (SSSR count). The van der Waals surface area contributed by atoms with Gasteiger partial charge in [0.15, 0.2) is 11.5 Å². The van der Waals surface area contributed by atoms with Gasteiger partial charge in [0.1, 0.15) is 6.61 Å². The average molecular weight is 281 g/mol. The number of ether oxygens (including phenoxy) is 2. The van der Waals surface area contributed by atoms with E-state index in [2.05, 4.69) is 32.0 Å². The standard InChI is InChI=1S/C18H19NO2/c1-4-20-18-10-15(11-19)8-9-17(18)21-12-16-13(2)6-5-7-14(16)3/h5-10H,4,12H2,1-3H3. The summed E-state index contributed by atoms with van der Waals surface area (Å²) in [6.07, 6.45) is 0. The van der Waals surface area contributed by atoms with Crippen LogP contribution in [0.15, 0.2) is 36.4 Å². The smallest absolute Gasteiger partial charge is 0.162 e. The van der Waals surface area contributed by atoms with E-state index in [0.29, 0.717) is 30.3 Å². The second kappa shape index (κ2) is 6.81. The predicted octanol–water partition coefficient (Wildman–Crippen LogP) is 4.15. The van der Waals surface area contributed by atoms with Gasteiger partial charge in [0.25, 0.3) is 0 Å². The van der Waals surface area contributed by atoms with Crippen molar-refractivity contribution in [1.29, 1.82) is 5.26 Å². The molecule has 0 aromatic heterocycles. The Morgan fingerprint density at radius 3 is 2.33 bits per heavy atom. The van der Waals surface area contributed by atoms with Crippen molar-refractivity contribution in [3.05, 3.63) is 58.7 Å². The largest absolute Gasteiger partial charge is 0.490 e. The highest BCUT2D eigenvalue weighted by Crippen LogP contribution is 2.29. The van der Waals surface area contributed by atoms with E-state index in [1.165, 1.54) is 16.7 Å². The van der Waals surface area contributed by atoms with Crippen molar-refractivity contribution in [3.8, 4) is 17.6 Å². The third kappa shape index (κ3) is 3.55. The van der Waals surface area contributed by atoms with Gasteiger partial charge >= 0.3 is 0 Å². The van der Waals surface area contributed by atoms with Gasteiger partial charge < -0.3 is 9.47 Å². The second-order valence-corrected chi connectivity index (χ2v) is 4.87. The van der Waals surface area contributed by atoms with Gasteiger partial charge in [-0.2, -0.15) is 5.26 Å². The molecule has 0 amide bonds. The lowest BCUT2D eigenvalue weighted by Crippen LogP contribution is -2.03. The maximum atomic E-state index is 8.96. The first-order chi connectivity index (χ1) is 10.2. The van der Waals surface area contributed by atoms with Crippen molar-refractivity contribution in [2.24, 2.45) is 0 Å². The molecule has 0 bridgehead atoms. The number of aryl methyl sites for hydroxylation is 2. The highest BCUT2D eigenvalue weighted by molar-refractivity contribution is 5.47. The van der Waals surface area contributed by atoms with E-state index in [0.717, 1.165) is 0 Å². The summed E-state index contributed by atoms with van der Waals surface area (Å²) in [5.74, 6) is 1.28. The summed E-state index contributed by atoms with van der Waals surface area (Å²) < 4.78 is 11.5. The van der Waals surface area contributed by atoms with Crippen LogP contribution in [0.4, 0.5) is 0 Å². The van der Waals surface area contributed by atoms with Crippen molar-refractivity contribution in [2.45, 2.75) is 27.4 Å². The summed E-state index contributed by atoms with van der Waals surface area (Å²) in [5.41, 5.74) is 4.17. The molecule has 0 heterocycles. The zero-order chi connectivity index (χ0) is 15.2. The van der Waals surface area contributed by atoms with Crippen molar-refractivity contribution in [1.82, 2.24) is 0 Å². The van der Waals surface area contributed by atoms with E-state index < -0.39 is 0 Å². The minimum absolute atomic E-state index is 0.491. The van der Waals surface area contributed by atoms with E-state index >= 15 is 0 Å². The first kappa shape index (κ1) is 14.9. The zero-order valence-electron chi connectivity index (χ0n) is 12.6. The van der Waals surface area contributed by atoms with Crippen LogP contribution in [0.5, 0.6) is 11.5 Å². The first-order valence-corrected chi connectivity index (χ1v) is 7.00. The topological polar surface area (TPSA) is 42.2 Å². The predicted molar refractivity (Wildman–Crippen MR) is 82.6 cm³/mol. The van der Waals surface area contributed by atoms with Crippen LogP contribution in [0.2, 0.25) is 0 Å². The van der Waals surface area contributed by atoms with Gasteiger partial charge in [-0.3, -0.25) is 0 Å². The molecule has 2 aromatic carbocycles. The number of nitrogens with zero attached hydrogens (tertiary/aromatic N) is 1. The lowest BCUT2D eigenvalue weighted by molar-refractivity contribution is 0.268. The molecule has 0 unspecified atom stereocenters. The summed E-state index contributed by atoms with van der Waals surface area (Å²) >= 11 is 0. The van der Waals surface area contributed by atoms with E-state index in [9.17, 15) is 0 Å². The molecule has 2 aromatic rings. The molecule has 21 heavy (non-hydrogen) atoms. The number of hydrogen-bond acceptors (Lipinski definition) is 3. The lowest BCUT2D eigenvalue weighted by atomic mass is 10.0. The van der Waals surface area contributed by atoms with Gasteiger partial charge in [0.05, 0.1) is 18.2 Å². The van der Waals surface area contributed by atoms with Crippen molar-refractivity contribution < 1.29 is 9.47 Å². The Labute approximate surface area is 125 Å². The highest BCUT2D eigenvalue weighted by atomic mass is 16.5. The lowest BCUT2D eigenvalue weighted by Gasteiger charge is -2.14. The van der Waals surface area contributed by atoms with Gasteiger partial charge in [-0.05, 0) is 49.6 Å². The van der Waals surface area contributed by atoms with Crippen molar-refractivity contribution in [2.75, 3.05) is 6.61 Å². The minimum Gasteiger partial charge on any atom is -0.490 e. The Balaban J connectivity index is 2.22. The second-order valence-electron chi connectivity index (χ2n) is 4.87. The molecule has 108 valence electrons. The Hall–Kier alpha value is -2.47. The van der Waals surface area contributed by atoms with Gasteiger partial charge in [0, 0.05) is 6.07 Å². The van der Waals surface area contributed by atoms with E-state index in [1.807, 2.05) is 13.0 Å². The Bertz CT molecular complexity index is 651. The molecule has 3 heteroatoms. The number of hydrogen-bond donors (Lipinski definition) is 0. The summed E-state index contributed by atoms with van der Waals surface area (Å²) in [7, 11) is 0. The van der Waals surface area contributed by atoms with E-state index in [1.54, 1.807) is 18.2 Å². The van der Waals surface area contributed by atoms with Crippen LogP contribution in [-0.4, -0.2) is 6.61 Å². The Morgan fingerprint density at radius 1 is 1.00 bits per heavy atom. The summed E-state index contributed by atoms with van der Waals surface area (Å²) in [6.45, 7) is 7.09. The first-order valence-electron chi connectivity index (χ1n) is 7.00. The molecule has 3 nitrogen and oxygen atoms in total. The molecule has 0 spiro atoms. The monoisotopic (exact) mass is 281 g/mol. The number of rotatable bonds is 5. The fraction of sp³-hybridized carbons (Fsp3) is 0.278. The van der Waals surface area contributed by atoms with Gasteiger partial charge in [0.2, 0.25) is 0 Å². The van der Waals surface area contributed by atoms with Gasteiger partial charge in [-0.25, -0.2) is 0 Å². The van der Waals surface area contributed by atoms with E-state index in [4.69, 9.17) is 14.7 Å². The maximum absolute atomic E-state index is 8.96. The normalized spacial score (nSPS) is 10.0. The average Bonchev–Trinajstić information content (AvgIpc) is 2.48. The fourth-order valence-corrected chi connectivity index (χ4v) is 2.19. The van der Waals surface area contributed by atoms with Crippen LogP contribution < -0.4 is 9.47 Å². The SMILES string of the molecule is CCOc1cc(C#N)ccc1OCc1c(C)cccc1C. The van der Waals surface area contributed by atoms with Crippen molar-refractivity contribution >= 4 is 0 Å². The molecule has 0 aliphatic heterocycles. The van der Waals surface area contributed by atoms with Gasteiger partial charge in [-0.15, -0.1) is 0 Å². The molecule has 0 aliphatic carbocycles. The molecular weight excluding hydrogens is 262 g/mol. The molecule has 0 aliphatic rings. The van der Waals surface area contributed by atoms with Gasteiger partial charge in [-0.1, -0.05) is 18.2 Å². The molecule has 0 radical (unpaired) electrons. The zero-order valence-corrected chi connectivity index (χ0v) is 12.6. The Morgan fingerprint density at radius 2 is 1.71 bits per heavy atom. The van der Waals surface area contributed by atoms with Crippen molar-refractivity contribution in [3.63, 3.8) is 0 Å². The molecule has 0 fully saturated rings. The van der Waals surface area contributed by atoms with Crippen LogP contribution in [-0.2, 0) is 6.61 Å². The summed E-state index contributed by atoms with van der Waals surface area (Å²) in [6, 6.07) is 13.5.